The number of aromatic nitrogens is 2. The first-order valence-corrected chi connectivity index (χ1v) is 3.54. The van der Waals surface area contributed by atoms with E-state index in [2.05, 4.69) is 15.3 Å². The molecular weight excluding hydrogens is 142 g/mol. The quantitative estimate of drug-likeness (QED) is 0.645. The van der Waals surface area contributed by atoms with E-state index in [1.165, 1.54) is 6.33 Å². The molecule has 0 unspecified atom stereocenters. The van der Waals surface area contributed by atoms with Crippen LogP contribution in [0.1, 0.15) is 12.5 Å². The predicted molar refractivity (Wildman–Crippen MR) is 43.8 cm³/mol. The number of hydrogen-bond acceptors (Lipinski definition) is 3. The highest BCUT2D eigenvalue weighted by Gasteiger charge is 2.02. The van der Waals surface area contributed by atoms with E-state index in [0.717, 1.165) is 0 Å². The van der Waals surface area contributed by atoms with Gasteiger partial charge in [0.25, 0.3) is 5.56 Å². The van der Waals surface area contributed by atoms with Crippen molar-refractivity contribution < 1.29 is 0 Å². The molecule has 2 N–H and O–H groups in total. The minimum Gasteiger partial charge on any atom is -0.373 e. The molecule has 1 heterocycles. The molecule has 11 heavy (non-hydrogen) atoms. The van der Waals surface area contributed by atoms with Gasteiger partial charge in [0.15, 0.2) is 0 Å². The molecule has 0 aliphatic heterocycles. The second-order valence-corrected chi connectivity index (χ2v) is 2.16. The largest absolute Gasteiger partial charge is 0.373 e. The topological polar surface area (TPSA) is 57.8 Å². The Hall–Kier alpha value is -1.32. The normalized spacial score (nSPS) is 9.64. The number of aromatic amines is 1. The van der Waals surface area contributed by atoms with Crippen LogP contribution in [0.4, 0.5) is 5.82 Å². The number of anilines is 1. The van der Waals surface area contributed by atoms with Gasteiger partial charge in [-0.05, 0) is 6.42 Å². The van der Waals surface area contributed by atoms with Gasteiger partial charge in [0, 0.05) is 7.05 Å². The van der Waals surface area contributed by atoms with E-state index in [1.807, 2.05) is 6.92 Å². The van der Waals surface area contributed by atoms with E-state index in [-0.39, 0.29) is 5.56 Å². The van der Waals surface area contributed by atoms with Crippen LogP contribution in [0.3, 0.4) is 0 Å². The maximum absolute atomic E-state index is 11.1. The molecule has 0 aliphatic rings. The molecule has 0 bridgehead atoms. The van der Waals surface area contributed by atoms with Crippen molar-refractivity contribution in [2.24, 2.45) is 0 Å². The van der Waals surface area contributed by atoms with Crippen molar-refractivity contribution in [1.29, 1.82) is 0 Å². The van der Waals surface area contributed by atoms with Gasteiger partial charge in [-0.25, -0.2) is 4.98 Å². The molecule has 4 nitrogen and oxygen atoms in total. The fourth-order valence-electron chi connectivity index (χ4n) is 0.971. The SMILES string of the molecule is CCc1c(NC)nc[nH]c1=O. The molecule has 0 saturated carbocycles. The average Bonchev–Trinajstić information content (AvgIpc) is 2.04. The van der Waals surface area contributed by atoms with E-state index < -0.39 is 0 Å². The number of hydrogen-bond donors (Lipinski definition) is 2. The smallest absolute Gasteiger partial charge is 0.255 e. The summed E-state index contributed by atoms with van der Waals surface area (Å²) in [7, 11) is 1.75. The van der Waals surface area contributed by atoms with Crippen LogP contribution in [0.2, 0.25) is 0 Å². The van der Waals surface area contributed by atoms with Crippen molar-refractivity contribution in [2.75, 3.05) is 12.4 Å². The van der Waals surface area contributed by atoms with Crippen LogP contribution in [0.15, 0.2) is 11.1 Å². The van der Waals surface area contributed by atoms with Gasteiger partial charge in [-0.3, -0.25) is 4.79 Å². The Morgan fingerprint density at radius 3 is 2.91 bits per heavy atom. The molecular formula is C7H11N3O. The average molecular weight is 153 g/mol. The van der Waals surface area contributed by atoms with Crippen molar-refractivity contribution in [3.05, 3.63) is 22.2 Å². The lowest BCUT2D eigenvalue weighted by Gasteiger charge is -2.02. The van der Waals surface area contributed by atoms with Crippen LogP contribution in [-0.4, -0.2) is 17.0 Å². The highest BCUT2D eigenvalue weighted by atomic mass is 16.1. The molecule has 0 saturated heterocycles. The molecule has 0 atom stereocenters. The van der Waals surface area contributed by atoms with Crippen molar-refractivity contribution in [3.63, 3.8) is 0 Å². The monoisotopic (exact) mass is 153 g/mol. The van der Waals surface area contributed by atoms with Gasteiger partial charge in [0.05, 0.1) is 11.9 Å². The number of H-pyrrole nitrogens is 1. The Bertz CT molecular complexity index is 292. The minimum absolute atomic E-state index is 0.0631. The third-order valence-corrected chi connectivity index (χ3v) is 1.54. The van der Waals surface area contributed by atoms with E-state index >= 15 is 0 Å². The Labute approximate surface area is 64.7 Å². The highest BCUT2D eigenvalue weighted by molar-refractivity contribution is 5.41. The van der Waals surface area contributed by atoms with Crippen LogP contribution in [0.25, 0.3) is 0 Å². The molecule has 0 aliphatic carbocycles. The van der Waals surface area contributed by atoms with E-state index in [0.29, 0.717) is 17.8 Å². The summed E-state index contributed by atoms with van der Waals surface area (Å²) in [6.45, 7) is 1.92. The predicted octanol–water partition coefficient (Wildman–Crippen LogP) is 0.374. The molecule has 0 radical (unpaired) electrons. The summed E-state index contributed by atoms with van der Waals surface area (Å²) >= 11 is 0. The molecule has 0 amide bonds. The molecule has 1 aromatic rings. The van der Waals surface area contributed by atoms with Gasteiger partial charge < -0.3 is 10.3 Å². The number of nitrogens with zero attached hydrogens (tertiary/aromatic N) is 1. The molecule has 60 valence electrons. The van der Waals surface area contributed by atoms with Crippen LogP contribution >= 0.6 is 0 Å². The fraction of sp³-hybridized carbons (Fsp3) is 0.429. The van der Waals surface area contributed by atoms with Crippen LogP contribution < -0.4 is 10.9 Å². The van der Waals surface area contributed by atoms with Crippen molar-refractivity contribution >= 4 is 5.82 Å². The summed E-state index contributed by atoms with van der Waals surface area (Å²) in [5, 5.41) is 2.86. The zero-order valence-corrected chi connectivity index (χ0v) is 6.64. The summed E-state index contributed by atoms with van der Waals surface area (Å²) < 4.78 is 0. The lowest BCUT2D eigenvalue weighted by molar-refractivity contribution is 1.00. The third-order valence-electron chi connectivity index (χ3n) is 1.54. The summed E-state index contributed by atoms with van der Waals surface area (Å²) in [4.78, 5) is 17.6. The summed E-state index contributed by atoms with van der Waals surface area (Å²) in [6.07, 6.45) is 2.09. The second kappa shape index (κ2) is 3.18. The summed E-state index contributed by atoms with van der Waals surface area (Å²) in [6, 6.07) is 0. The highest BCUT2D eigenvalue weighted by Crippen LogP contribution is 2.03. The van der Waals surface area contributed by atoms with Crippen molar-refractivity contribution in [3.8, 4) is 0 Å². The lowest BCUT2D eigenvalue weighted by atomic mass is 10.2. The Balaban J connectivity index is 3.24. The lowest BCUT2D eigenvalue weighted by Crippen LogP contribution is -2.15. The van der Waals surface area contributed by atoms with Crippen LogP contribution in [0.5, 0.6) is 0 Å². The molecule has 0 spiro atoms. The Morgan fingerprint density at radius 2 is 2.45 bits per heavy atom. The zero-order chi connectivity index (χ0) is 8.27. The first kappa shape index (κ1) is 7.78. The van der Waals surface area contributed by atoms with Gasteiger partial charge in [0.1, 0.15) is 5.82 Å². The third kappa shape index (κ3) is 1.39. The standard InChI is InChI=1S/C7H11N3O/c1-3-5-6(8-2)9-4-10-7(5)11/h4H,3H2,1-2H3,(H2,8,9,10,11). The van der Waals surface area contributed by atoms with Gasteiger partial charge >= 0.3 is 0 Å². The molecule has 0 aromatic carbocycles. The maximum Gasteiger partial charge on any atom is 0.255 e. The Morgan fingerprint density at radius 1 is 1.73 bits per heavy atom. The van der Waals surface area contributed by atoms with Gasteiger partial charge in [-0.1, -0.05) is 6.92 Å². The molecule has 1 aromatic heterocycles. The second-order valence-electron chi connectivity index (χ2n) is 2.16. The summed E-state index contributed by atoms with van der Waals surface area (Å²) in [5.41, 5.74) is 0.641. The van der Waals surface area contributed by atoms with E-state index in [4.69, 9.17) is 0 Å². The molecule has 1 rings (SSSR count). The summed E-state index contributed by atoms with van der Waals surface area (Å²) in [5.74, 6) is 0.663. The van der Waals surface area contributed by atoms with Gasteiger partial charge in [-0.2, -0.15) is 0 Å². The number of nitrogens with one attached hydrogen (secondary N) is 2. The zero-order valence-electron chi connectivity index (χ0n) is 6.64. The van der Waals surface area contributed by atoms with Gasteiger partial charge in [-0.15, -0.1) is 0 Å². The fourth-order valence-corrected chi connectivity index (χ4v) is 0.971. The van der Waals surface area contributed by atoms with Gasteiger partial charge in [0.2, 0.25) is 0 Å². The minimum atomic E-state index is -0.0631. The van der Waals surface area contributed by atoms with Crippen molar-refractivity contribution in [1.82, 2.24) is 9.97 Å². The molecule has 4 heteroatoms. The van der Waals surface area contributed by atoms with Crippen molar-refractivity contribution in [2.45, 2.75) is 13.3 Å². The maximum atomic E-state index is 11.1. The Kier molecular flexibility index (Phi) is 2.25. The first-order chi connectivity index (χ1) is 5.29. The van der Waals surface area contributed by atoms with E-state index in [9.17, 15) is 4.79 Å². The van der Waals surface area contributed by atoms with Crippen LogP contribution in [-0.2, 0) is 6.42 Å². The number of rotatable bonds is 2. The first-order valence-electron chi connectivity index (χ1n) is 3.54. The molecule has 0 fully saturated rings. The van der Waals surface area contributed by atoms with Crippen LogP contribution in [0, 0.1) is 0 Å². The van der Waals surface area contributed by atoms with E-state index in [1.54, 1.807) is 7.05 Å².